The van der Waals surface area contributed by atoms with Crippen LogP contribution in [0.3, 0.4) is 0 Å². The van der Waals surface area contributed by atoms with Crippen LogP contribution in [-0.4, -0.2) is 48.0 Å². The second-order valence-electron chi connectivity index (χ2n) is 7.95. The zero-order chi connectivity index (χ0) is 20.1. The molecule has 0 bridgehead atoms. The lowest BCUT2D eigenvalue weighted by molar-refractivity contribution is 0.0699. The number of carbonyl (C=O) groups excluding carboxylic acids is 1. The molecular formula is C20H24N6O2S. The van der Waals surface area contributed by atoms with Crippen molar-refractivity contribution in [2.75, 3.05) is 13.1 Å². The van der Waals surface area contributed by atoms with Gasteiger partial charge in [0.2, 0.25) is 0 Å². The molecule has 2 fully saturated rings. The second-order valence-corrected chi connectivity index (χ2v) is 8.90. The Morgan fingerprint density at radius 3 is 2.52 bits per heavy atom. The van der Waals surface area contributed by atoms with Crippen LogP contribution in [0.25, 0.3) is 10.6 Å². The maximum absolute atomic E-state index is 13.1. The molecule has 0 atom stereocenters. The molecule has 9 heteroatoms. The molecule has 0 N–H and O–H groups in total. The highest BCUT2D eigenvalue weighted by Crippen LogP contribution is 2.37. The summed E-state index contributed by atoms with van der Waals surface area (Å²) < 4.78 is 5.01. The zero-order valence-corrected chi connectivity index (χ0v) is 17.4. The van der Waals surface area contributed by atoms with E-state index in [0.717, 1.165) is 42.1 Å². The van der Waals surface area contributed by atoms with Crippen LogP contribution in [0.4, 0.5) is 0 Å². The molecule has 8 nitrogen and oxygen atoms in total. The Kier molecular flexibility index (Phi) is 4.42. The van der Waals surface area contributed by atoms with Crippen LogP contribution in [0.15, 0.2) is 28.4 Å². The van der Waals surface area contributed by atoms with Crippen molar-refractivity contribution in [1.82, 2.24) is 29.0 Å². The van der Waals surface area contributed by atoms with Gasteiger partial charge in [0.05, 0.1) is 4.88 Å². The van der Waals surface area contributed by atoms with Crippen LogP contribution in [-0.2, 0) is 14.1 Å². The Balaban J connectivity index is 1.31. The second kappa shape index (κ2) is 6.98. The predicted octanol–water partition coefficient (Wildman–Crippen LogP) is 2.40. The number of carbonyl (C=O) groups is 1. The van der Waals surface area contributed by atoms with Crippen LogP contribution in [0.1, 0.15) is 54.0 Å². The third kappa shape index (κ3) is 3.23. The topological polar surface area (TPSA) is 78.0 Å². The molecule has 4 heterocycles. The fourth-order valence-electron chi connectivity index (χ4n) is 4.17. The summed E-state index contributed by atoms with van der Waals surface area (Å²) in [6.45, 7) is 1.33. The maximum atomic E-state index is 13.1. The fourth-order valence-corrected chi connectivity index (χ4v) is 4.85. The number of hydrogen-bond donors (Lipinski definition) is 0. The van der Waals surface area contributed by atoms with E-state index in [1.54, 1.807) is 23.1 Å². The van der Waals surface area contributed by atoms with E-state index >= 15 is 0 Å². The number of amides is 1. The van der Waals surface area contributed by atoms with Crippen LogP contribution >= 0.6 is 11.3 Å². The van der Waals surface area contributed by atoms with Crippen LogP contribution in [0, 0.1) is 0 Å². The number of thiophene rings is 1. The number of hydrogen-bond acceptors (Lipinski definition) is 5. The van der Waals surface area contributed by atoms with Crippen LogP contribution in [0.2, 0.25) is 0 Å². The number of aryl methyl sites for hydroxylation is 2. The Morgan fingerprint density at radius 1 is 1.10 bits per heavy atom. The predicted molar refractivity (Wildman–Crippen MR) is 110 cm³/mol. The fraction of sp³-hybridized carbons (Fsp3) is 0.500. The van der Waals surface area contributed by atoms with Gasteiger partial charge in [0.15, 0.2) is 0 Å². The molecule has 3 aromatic heterocycles. The van der Waals surface area contributed by atoms with Gasteiger partial charge < -0.3 is 4.90 Å². The summed E-state index contributed by atoms with van der Waals surface area (Å²) in [6.07, 6.45) is 3.76. The molecule has 3 aromatic rings. The quantitative estimate of drug-likeness (QED) is 0.659. The van der Waals surface area contributed by atoms with E-state index in [2.05, 4.69) is 10.2 Å². The summed E-state index contributed by atoms with van der Waals surface area (Å²) in [4.78, 5) is 28.4. The van der Waals surface area contributed by atoms with Crippen molar-refractivity contribution in [3.05, 3.63) is 45.6 Å². The van der Waals surface area contributed by atoms with Gasteiger partial charge in [-0.15, -0.1) is 11.3 Å². The number of likely N-dealkylation sites (tertiary alicyclic amines) is 1. The third-order valence-corrected chi connectivity index (χ3v) is 6.81. The SMILES string of the molecule is Cn1nc(-c2cccs2)cc1C(=O)N1CCC(c2nn(C)c(=O)n2C2CC2)CC1. The van der Waals surface area contributed by atoms with Crippen LogP contribution in [0.5, 0.6) is 0 Å². The van der Waals surface area contributed by atoms with E-state index in [0.29, 0.717) is 24.8 Å². The highest BCUT2D eigenvalue weighted by molar-refractivity contribution is 7.13. The van der Waals surface area contributed by atoms with Crippen molar-refractivity contribution in [3.63, 3.8) is 0 Å². The molecule has 0 radical (unpaired) electrons. The molecule has 2 aliphatic rings. The lowest BCUT2D eigenvalue weighted by atomic mass is 9.95. The lowest BCUT2D eigenvalue weighted by Crippen LogP contribution is -2.39. The van der Waals surface area contributed by atoms with E-state index in [1.165, 1.54) is 4.68 Å². The molecule has 0 spiro atoms. The summed E-state index contributed by atoms with van der Waals surface area (Å²) in [5.74, 6) is 1.14. The summed E-state index contributed by atoms with van der Waals surface area (Å²) in [7, 11) is 3.54. The first-order valence-electron chi connectivity index (χ1n) is 10.1. The molecule has 152 valence electrons. The maximum Gasteiger partial charge on any atom is 0.345 e. The first-order chi connectivity index (χ1) is 14.0. The summed E-state index contributed by atoms with van der Waals surface area (Å²) in [5, 5.41) is 11.0. The summed E-state index contributed by atoms with van der Waals surface area (Å²) >= 11 is 1.62. The molecule has 1 aliphatic heterocycles. The third-order valence-electron chi connectivity index (χ3n) is 5.91. The van der Waals surface area contributed by atoms with Gasteiger partial charge in [-0.05, 0) is 43.2 Å². The van der Waals surface area contributed by atoms with Crippen molar-refractivity contribution in [1.29, 1.82) is 0 Å². The molecule has 1 aliphatic carbocycles. The van der Waals surface area contributed by atoms with Crippen molar-refractivity contribution in [2.45, 2.75) is 37.6 Å². The highest BCUT2D eigenvalue weighted by atomic mass is 32.1. The smallest absolute Gasteiger partial charge is 0.337 e. The molecule has 0 unspecified atom stereocenters. The monoisotopic (exact) mass is 412 g/mol. The van der Waals surface area contributed by atoms with Gasteiger partial charge in [-0.3, -0.25) is 14.0 Å². The number of rotatable bonds is 4. The minimum absolute atomic E-state index is 0.0156. The Labute approximate surface area is 172 Å². The van der Waals surface area contributed by atoms with E-state index in [-0.39, 0.29) is 17.5 Å². The molecule has 0 aromatic carbocycles. The highest BCUT2D eigenvalue weighted by Gasteiger charge is 2.34. The molecule has 1 saturated carbocycles. The normalized spacial score (nSPS) is 17.8. The van der Waals surface area contributed by atoms with E-state index in [9.17, 15) is 9.59 Å². The van der Waals surface area contributed by atoms with E-state index in [1.807, 2.05) is 40.1 Å². The Hall–Kier alpha value is -2.68. The minimum atomic E-state index is -0.0167. The van der Waals surface area contributed by atoms with Gasteiger partial charge in [0.25, 0.3) is 5.91 Å². The van der Waals surface area contributed by atoms with Crippen molar-refractivity contribution >= 4 is 17.2 Å². The minimum Gasteiger partial charge on any atom is -0.337 e. The van der Waals surface area contributed by atoms with Crippen molar-refractivity contribution < 1.29 is 4.79 Å². The number of aromatic nitrogens is 5. The standard InChI is InChI=1S/C20H24N6O2S/c1-23-16(12-15(21-23)17-4-3-11-29-17)19(27)25-9-7-13(8-10-25)18-22-24(2)20(28)26(18)14-5-6-14/h3-4,11-14H,5-10H2,1-2H3. The molecule has 1 saturated heterocycles. The van der Waals surface area contributed by atoms with Crippen LogP contribution < -0.4 is 5.69 Å². The molecule has 1 amide bonds. The largest absolute Gasteiger partial charge is 0.345 e. The average Bonchev–Trinajstić information content (AvgIpc) is 3.13. The first kappa shape index (κ1) is 18.4. The Bertz CT molecular complexity index is 1100. The number of piperidine rings is 1. The van der Waals surface area contributed by atoms with Gasteiger partial charge in [-0.2, -0.15) is 10.2 Å². The van der Waals surface area contributed by atoms with Crippen molar-refractivity contribution in [2.24, 2.45) is 14.1 Å². The van der Waals surface area contributed by atoms with Gasteiger partial charge in [0.1, 0.15) is 17.2 Å². The van der Waals surface area contributed by atoms with Gasteiger partial charge in [-0.25, -0.2) is 9.48 Å². The summed E-state index contributed by atoms with van der Waals surface area (Å²) in [6, 6.07) is 6.19. The van der Waals surface area contributed by atoms with Gasteiger partial charge in [0, 0.05) is 39.1 Å². The van der Waals surface area contributed by atoms with Crippen molar-refractivity contribution in [3.8, 4) is 10.6 Å². The van der Waals surface area contributed by atoms with E-state index in [4.69, 9.17) is 0 Å². The lowest BCUT2D eigenvalue weighted by Gasteiger charge is -2.31. The van der Waals surface area contributed by atoms with Gasteiger partial charge >= 0.3 is 5.69 Å². The average molecular weight is 413 g/mol. The van der Waals surface area contributed by atoms with Gasteiger partial charge in [-0.1, -0.05) is 6.07 Å². The van der Waals surface area contributed by atoms with E-state index < -0.39 is 0 Å². The molecule has 29 heavy (non-hydrogen) atoms. The molecular weight excluding hydrogens is 388 g/mol. The molecule has 5 rings (SSSR count). The Morgan fingerprint density at radius 2 is 1.86 bits per heavy atom. The summed E-state index contributed by atoms with van der Waals surface area (Å²) in [5.41, 5.74) is 1.43. The first-order valence-corrected chi connectivity index (χ1v) is 10.9. The zero-order valence-electron chi connectivity index (χ0n) is 16.6. The number of nitrogens with zero attached hydrogens (tertiary/aromatic N) is 6.